The smallest absolute Gasteiger partial charge is 0.271 e. The third-order valence-electron chi connectivity index (χ3n) is 8.41. The van der Waals surface area contributed by atoms with E-state index < -0.39 is 6.04 Å². The monoisotopic (exact) mass is 628 g/mol. The number of hydrogen-bond acceptors (Lipinski definition) is 8. The van der Waals surface area contributed by atoms with E-state index in [2.05, 4.69) is 10.6 Å². The Morgan fingerprint density at radius 2 is 1.80 bits per heavy atom. The number of likely N-dealkylation sites (N-methyl/N-ethyl adjacent to an activating group) is 1. The fraction of sp³-hybridized carbons (Fsp3) is 0.324. The maximum atomic E-state index is 14.4. The minimum atomic E-state index is -0.761. The van der Waals surface area contributed by atoms with E-state index in [0.717, 1.165) is 28.4 Å². The Hall–Kier alpha value is -4.77. The van der Waals surface area contributed by atoms with Crippen LogP contribution >= 0.6 is 11.3 Å². The summed E-state index contributed by atoms with van der Waals surface area (Å²) in [4.78, 5) is 35.5. The number of allylic oxidation sites excluding steroid dienone is 1. The molecule has 234 valence electrons. The van der Waals surface area contributed by atoms with Gasteiger partial charge in [-0.25, -0.2) is 4.99 Å². The van der Waals surface area contributed by atoms with Crippen LogP contribution in [0.1, 0.15) is 49.3 Å². The molecule has 6 rings (SSSR count). The van der Waals surface area contributed by atoms with Crippen LogP contribution in [0.5, 0.6) is 23.0 Å². The number of amides is 1. The van der Waals surface area contributed by atoms with Crippen molar-refractivity contribution >= 4 is 23.3 Å². The van der Waals surface area contributed by atoms with E-state index in [1.54, 1.807) is 35.8 Å². The third-order valence-corrected chi connectivity index (χ3v) is 9.39. The zero-order valence-electron chi connectivity index (χ0n) is 26.5. The lowest BCUT2D eigenvalue weighted by atomic mass is 9.93. The van der Waals surface area contributed by atoms with E-state index in [1.807, 2.05) is 65.0 Å². The van der Waals surface area contributed by atoms with Crippen LogP contribution in [0, 0.1) is 13.8 Å². The molecular weight excluding hydrogens is 592 g/mol. The van der Waals surface area contributed by atoms with Crippen molar-refractivity contribution in [3.05, 3.63) is 95.9 Å². The molecule has 11 heteroatoms. The van der Waals surface area contributed by atoms with Crippen LogP contribution in [0.2, 0.25) is 0 Å². The van der Waals surface area contributed by atoms with Gasteiger partial charge in [-0.3, -0.25) is 14.2 Å². The standard InChI is InChI=1S/C34H36N4O6S/c1-8-36(9-2)33(40)30-20(4)35-34-38(31(30)25-17-24(41-6)11-13-26(25)42-7)32(39)29(45-34)15-22-14-19(3)37(21(22)5)23-10-12-27-28(16-23)44-18-43-27/h10-17,31H,8-9,18H2,1-7H3/b29-15-/t31-/m0/s1. The van der Waals surface area contributed by atoms with Crippen LogP contribution < -0.4 is 33.8 Å². The maximum absolute atomic E-state index is 14.4. The van der Waals surface area contributed by atoms with Gasteiger partial charge in [-0.05, 0) is 82.7 Å². The summed E-state index contributed by atoms with van der Waals surface area (Å²) in [5, 5.41) is 0. The Kier molecular flexibility index (Phi) is 8.05. The molecule has 2 aliphatic rings. The quantitative estimate of drug-likeness (QED) is 0.290. The molecule has 0 spiro atoms. The first-order chi connectivity index (χ1) is 21.7. The van der Waals surface area contributed by atoms with Crippen molar-refractivity contribution < 1.29 is 23.7 Å². The van der Waals surface area contributed by atoms with Gasteiger partial charge in [0.2, 0.25) is 6.79 Å². The molecule has 2 aromatic heterocycles. The number of ether oxygens (including phenoxy) is 4. The number of carbonyl (C=O) groups excluding carboxylic acids is 1. The van der Waals surface area contributed by atoms with Gasteiger partial charge in [0.05, 0.1) is 30.0 Å². The molecule has 2 aromatic carbocycles. The lowest BCUT2D eigenvalue weighted by molar-refractivity contribution is -0.127. The molecule has 0 aliphatic carbocycles. The van der Waals surface area contributed by atoms with E-state index in [4.69, 9.17) is 23.9 Å². The van der Waals surface area contributed by atoms with Gasteiger partial charge in [0.25, 0.3) is 11.5 Å². The largest absolute Gasteiger partial charge is 0.497 e. The summed E-state index contributed by atoms with van der Waals surface area (Å²) in [7, 11) is 3.16. The van der Waals surface area contributed by atoms with Gasteiger partial charge in [-0.15, -0.1) is 0 Å². The predicted molar refractivity (Wildman–Crippen MR) is 173 cm³/mol. The van der Waals surface area contributed by atoms with Gasteiger partial charge in [0.1, 0.15) is 17.5 Å². The molecule has 2 aliphatic heterocycles. The molecule has 0 saturated heterocycles. The number of hydrogen-bond donors (Lipinski definition) is 0. The summed E-state index contributed by atoms with van der Waals surface area (Å²) in [5.74, 6) is 2.39. The second kappa shape index (κ2) is 12.0. The van der Waals surface area contributed by atoms with Crippen LogP contribution in [0.15, 0.2) is 63.5 Å². The number of nitrogens with zero attached hydrogens (tertiary/aromatic N) is 4. The Balaban J connectivity index is 1.54. The second-order valence-electron chi connectivity index (χ2n) is 10.9. The molecule has 4 heterocycles. The zero-order chi connectivity index (χ0) is 32.0. The van der Waals surface area contributed by atoms with E-state index in [-0.39, 0.29) is 18.3 Å². The molecular formula is C34H36N4O6S. The van der Waals surface area contributed by atoms with Crippen molar-refractivity contribution in [1.29, 1.82) is 0 Å². The molecule has 4 aromatic rings. The number of thiazole rings is 1. The lowest BCUT2D eigenvalue weighted by Crippen LogP contribution is -2.43. The predicted octanol–water partition coefficient (Wildman–Crippen LogP) is 4.26. The van der Waals surface area contributed by atoms with Crippen LogP contribution in [-0.4, -0.2) is 54.0 Å². The average molecular weight is 629 g/mol. The molecule has 0 saturated carbocycles. The first-order valence-electron chi connectivity index (χ1n) is 14.8. The van der Waals surface area contributed by atoms with Gasteiger partial charge in [-0.2, -0.15) is 0 Å². The molecule has 0 unspecified atom stereocenters. The van der Waals surface area contributed by atoms with Crippen molar-refractivity contribution in [3.8, 4) is 28.7 Å². The van der Waals surface area contributed by atoms with Gasteiger partial charge in [0, 0.05) is 41.8 Å². The SMILES string of the molecule is CCN(CC)C(=O)C1=C(C)N=c2s/c(=C\c3cc(C)n(-c4ccc5c(c4)OCO5)c3C)c(=O)n2[C@H]1c1cc(OC)ccc1OC. The van der Waals surface area contributed by atoms with E-state index in [0.29, 0.717) is 56.5 Å². The summed E-state index contributed by atoms with van der Waals surface area (Å²) < 4.78 is 26.7. The molecule has 0 bridgehead atoms. The van der Waals surface area contributed by atoms with Crippen molar-refractivity contribution in [2.45, 2.75) is 40.7 Å². The summed E-state index contributed by atoms with van der Waals surface area (Å²) in [6.07, 6.45) is 1.90. The fourth-order valence-corrected chi connectivity index (χ4v) is 7.16. The highest BCUT2D eigenvalue weighted by Gasteiger charge is 2.36. The highest BCUT2D eigenvalue weighted by Crippen LogP contribution is 2.38. The topological polar surface area (TPSA) is 96.5 Å². The van der Waals surface area contributed by atoms with E-state index in [9.17, 15) is 9.59 Å². The Morgan fingerprint density at radius 1 is 1.04 bits per heavy atom. The number of fused-ring (bicyclic) bond motifs is 2. The second-order valence-corrected chi connectivity index (χ2v) is 11.9. The highest BCUT2D eigenvalue weighted by molar-refractivity contribution is 7.07. The van der Waals surface area contributed by atoms with E-state index in [1.165, 1.54) is 11.3 Å². The molecule has 0 N–H and O–H groups in total. The lowest BCUT2D eigenvalue weighted by Gasteiger charge is -2.30. The first kappa shape index (κ1) is 30.3. The van der Waals surface area contributed by atoms with Gasteiger partial charge in [-0.1, -0.05) is 11.3 Å². The van der Waals surface area contributed by atoms with Crippen molar-refractivity contribution in [2.24, 2.45) is 4.99 Å². The molecule has 1 amide bonds. The molecule has 0 fully saturated rings. The van der Waals surface area contributed by atoms with Crippen molar-refractivity contribution in [3.63, 3.8) is 0 Å². The molecule has 10 nitrogen and oxygen atoms in total. The summed E-state index contributed by atoms with van der Waals surface area (Å²) in [6.45, 7) is 11.0. The van der Waals surface area contributed by atoms with Gasteiger partial charge in [0.15, 0.2) is 16.3 Å². The average Bonchev–Trinajstić information content (AvgIpc) is 3.71. The zero-order valence-corrected chi connectivity index (χ0v) is 27.3. The molecule has 0 radical (unpaired) electrons. The summed E-state index contributed by atoms with van der Waals surface area (Å²) >= 11 is 1.30. The minimum absolute atomic E-state index is 0.169. The Morgan fingerprint density at radius 3 is 2.51 bits per heavy atom. The summed E-state index contributed by atoms with van der Waals surface area (Å²) in [5.41, 5.74) is 5.23. The van der Waals surface area contributed by atoms with Crippen molar-refractivity contribution in [2.75, 3.05) is 34.1 Å². The number of methoxy groups -OCH3 is 2. The normalized spacial score (nSPS) is 15.6. The van der Waals surface area contributed by atoms with Crippen molar-refractivity contribution in [1.82, 2.24) is 14.0 Å². The molecule has 1 atom stereocenters. The third kappa shape index (κ3) is 5.10. The van der Waals surface area contributed by atoms with E-state index >= 15 is 0 Å². The van der Waals surface area contributed by atoms with Gasteiger partial charge >= 0.3 is 0 Å². The number of benzene rings is 2. The highest BCUT2D eigenvalue weighted by atomic mass is 32.1. The first-order valence-corrected chi connectivity index (χ1v) is 15.6. The van der Waals surface area contributed by atoms with Crippen LogP contribution in [0.3, 0.4) is 0 Å². The Bertz CT molecular complexity index is 2030. The maximum Gasteiger partial charge on any atom is 0.271 e. The van der Waals surface area contributed by atoms with Gasteiger partial charge < -0.3 is 28.4 Å². The van der Waals surface area contributed by atoms with Crippen LogP contribution in [0.4, 0.5) is 0 Å². The van der Waals surface area contributed by atoms with Crippen LogP contribution in [0.25, 0.3) is 11.8 Å². The molecule has 45 heavy (non-hydrogen) atoms. The Labute approximate surface area is 265 Å². The fourth-order valence-electron chi connectivity index (χ4n) is 6.12. The number of aromatic nitrogens is 2. The number of aryl methyl sites for hydroxylation is 1. The summed E-state index contributed by atoms with van der Waals surface area (Å²) in [6, 6.07) is 12.6. The minimum Gasteiger partial charge on any atom is -0.497 e. The number of carbonyl (C=O) groups is 1. The number of rotatable bonds is 8. The van der Waals surface area contributed by atoms with Crippen LogP contribution in [-0.2, 0) is 4.79 Å².